The number of nitrogens with zero attached hydrogens (tertiary/aromatic N) is 4. The first-order valence-electron chi connectivity index (χ1n) is 6.48. The molecule has 0 aliphatic heterocycles. The molecule has 0 bridgehead atoms. The molecule has 0 aliphatic carbocycles. The third kappa shape index (κ3) is 2.95. The highest BCUT2D eigenvalue weighted by atomic mass is 79.9. The van der Waals surface area contributed by atoms with E-state index in [0.717, 1.165) is 27.2 Å². The zero-order valence-electron chi connectivity index (χ0n) is 11.7. The standard InChI is InChI=1S/C15H14BrN5/c1-10-13(9-18-21(10)2)19-14-7-8-17-15(20-14)11-3-5-12(16)6-4-11/h3-9H,1-2H3,(H,17,19,20). The highest BCUT2D eigenvalue weighted by Crippen LogP contribution is 2.22. The zero-order chi connectivity index (χ0) is 14.8. The lowest BCUT2D eigenvalue weighted by Gasteiger charge is -2.06. The summed E-state index contributed by atoms with van der Waals surface area (Å²) in [5, 5.41) is 7.48. The van der Waals surface area contributed by atoms with Crippen molar-refractivity contribution < 1.29 is 0 Å². The van der Waals surface area contributed by atoms with Gasteiger partial charge in [0.25, 0.3) is 0 Å². The van der Waals surface area contributed by atoms with Crippen LogP contribution in [-0.2, 0) is 7.05 Å². The second-order valence-corrected chi connectivity index (χ2v) is 5.58. The molecule has 1 N–H and O–H groups in total. The number of aromatic nitrogens is 4. The van der Waals surface area contributed by atoms with E-state index in [1.54, 1.807) is 12.4 Å². The molecule has 21 heavy (non-hydrogen) atoms. The zero-order valence-corrected chi connectivity index (χ0v) is 13.3. The molecule has 0 spiro atoms. The number of halogens is 1. The molecule has 1 aromatic carbocycles. The predicted octanol–water partition coefficient (Wildman–Crippen LogP) is 3.69. The first kappa shape index (κ1) is 13.8. The van der Waals surface area contributed by atoms with Crippen LogP contribution in [0, 0.1) is 6.92 Å². The predicted molar refractivity (Wildman–Crippen MR) is 86.4 cm³/mol. The Labute approximate surface area is 131 Å². The van der Waals surface area contributed by atoms with Crippen molar-refractivity contribution in [2.45, 2.75) is 6.92 Å². The van der Waals surface area contributed by atoms with E-state index in [-0.39, 0.29) is 0 Å². The fraction of sp³-hybridized carbons (Fsp3) is 0.133. The molecular formula is C15H14BrN5. The fourth-order valence-electron chi connectivity index (χ4n) is 1.93. The minimum atomic E-state index is 0.689. The van der Waals surface area contributed by atoms with Crippen LogP contribution in [0.3, 0.4) is 0 Å². The van der Waals surface area contributed by atoms with Crippen LogP contribution in [0.2, 0.25) is 0 Å². The molecule has 2 aromatic heterocycles. The number of nitrogens with one attached hydrogen (secondary N) is 1. The monoisotopic (exact) mass is 343 g/mol. The summed E-state index contributed by atoms with van der Waals surface area (Å²) in [6.45, 7) is 2.01. The summed E-state index contributed by atoms with van der Waals surface area (Å²) in [4.78, 5) is 8.87. The van der Waals surface area contributed by atoms with Gasteiger partial charge in [-0.25, -0.2) is 9.97 Å². The number of anilines is 2. The molecule has 6 heteroatoms. The van der Waals surface area contributed by atoms with E-state index in [0.29, 0.717) is 5.82 Å². The van der Waals surface area contributed by atoms with Crippen LogP contribution >= 0.6 is 15.9 Å². The number of hydrogen-bond donors (Lipinski definition) is 1. The minimum absolute atomic E-state index is 0.689. The van der Waals surface area contributed by atoms with Crippen LogP contribution in [0.25, 0.3) is 11.4 Å². The van der Waals surface area contributed by atoms with E-state index in [4.69, 9.17) is 0 Å². The first-order chi connectivity index (χ1) is 10.1. The van der Waals surface area contributed by atoms with E-state index >= 15 is 0 Å². The van der Waals surface area contributed by atoms with Crippen LogP contribution in [-0.4, -0.2) is 19.7 Å². The average molecular weight is 344 g/mol. The molecule has 0 radical (unpaired) electrons. The average Bonchev–Trinajstić information content (AvgIpc) is 2.80. The van der Waals surface area contributed by atoms with Crippen LogP contribution in [0.15, 0.2) is 47.2 Å². The molecular weight excluding hydrogens is 330 g/mol. The maximum absolute atomic E-state index is 4.54. The molecule has 106 valence electrons. The van der Waals surface area contributed by atoms with Gasteiger partial charge in [-0.15, -0.1) is 0 Å². The van der Waals surface area contributed by atoms with E-state index in [1.165, 1.54) is 0 Å². The smallest absolute Gasteiger partial charge is 0.161 e. The minimum Gasteiger partial charge on any atom is -0.337 e. The topological polar surface area (TPSA) is 55.6 Å². The maximum atomic E-state index is 4.54. The number of benzene rings is 1. The van der Waals surface area contributed by atoms with Gasteiger partial charge < -0.3 is 5.32 Å². The van der Waals surface area contributed by atoms with Gasteiger partial charge in [-0.2, -0.15) is 5.10 Å². The van der Waals surface area contributed by atoms with Crippen molar-refractivity contribution in [1.29, 1.82) is 0 Å². The van der Waals surface area contributed by atoms with Gasteiger partial charge in [0.2, 0.25) is 0 Å². The first-order valence-corrected chi connectivity index (χ1v) is 7.27. The second-order valence-electron chi connectivity index (χ2n) is 4.66. The van der Waals surface area contributed by atoms with Crippen molar-refractivity contribution in [3.05, 3.63) is 52.9 Å². The van der Waals surface area contributed by atoms with Crippen molar-refractivity contribution in [2.24, 2.45) is 7.05 Å². The normalized spacial score (nSPS) is 10.6. The maximum Gasteiger partial charge on any atom is 0.161 e. The summed E-state index contributed by atoms with van der Waals surface area (Å²) in [7, 11) is 1.91. The van der Waals surface area contributed by atoms with E-state index in [1.807, 2.05) is 49.0 Å². The van der Waals surface area contributed by atoms with Gasteiger partial charge >= 0.3 is 0 Å². The molecule has 0 atom stereocenters. The second kappa shape index (κ2) is 5.65. The lowest BCUT2D eigenvalue weighted by atomic mass is 10.2. The summed E-state index contributed by atoms with van der Waals surface area (Å²) >= 11 is 3.42. The Morgan fingerprint density at radius 2 is 1.90 bits per heavy atom. The molecule has 0 fully saturated rings. The highest BCUT2D eigenvalue weighted by Gasteiger charge is 2.06. The Bertz CT molecular complexity index is 764. The van der Waals surface area contributed by atoms with Gasteiger partial charge in [-0.1, -0.05) is 28.1 Å². The van der Waals surface area contributed by atoms with Crippen molar-refractivity contribution in [3.63, 3.8) is 0 Å². The molecule has 0 unspecified atom stereocenters. The van der Waals surface area contributed by atoms with Gasteiger partial charge in [0.15, 0.2) is 5.82 Å². The van der Waals surface area contributed by atoms with Gasteiger partial charge in [0.1, 0.15) is 5.82 Å². The number of hydrogen-bond acceptors (Lipinski definition) is 4. The molecule has 3 rings (SSSR count). The number of rotatable bonds is 3. The Morgan fingerprint density at radius 3 is 2.57 bits per heavy atom. The highest BCUT2D eigenvalue weighted by molar-refractivity contribution is 9.10. The van der Waals surface area contributed by atoms with Crippen LogP contribution in [0.5, 0.6) is 0 Å². The molecule has 3 aromatic rings. The Hall–Kier alpha value is -2.21. The lowest BCUT2D eigenvalue weighted by molar-refractivity contribution is 0.740. The summed E-state index contributed by atoms with van der Waals surface area (Å²) in [5.74, 6) is 1.44. The molecule has 0 saturated heterocycles. The summed E-state index contributed by atoms with van der Waals surface area (Å²) < 4.78 is 2.85. The number of aryl methyl sites for hydroxylation is 1. The summed E-state index contributed by atoms with van der Waals surface area (Å²) in [6.07, 6.45) is 3.54. The quantitative estimate of drug-likeness (QED) is 0.787. The SMILES string of the molecule is Cc1c(Nc2ccnc(-c3ccc(Br)cc3)n2)cnn1C. The van der Waals surface area contributed by atoms with Crippen LogP contribution < -0.4 is 5.32 Å². The van der Waals surface area contributed by atoms with E-state index < -0.39 is 0 Å². The Balaban J connectivity index is 1.89. The molecule has 5 nitrogen and oxygen atoms in total. The molecule has 2 heterocycles. The van der Waals surface area contributed by atoms with Crippen LogP contribution in [0.1, 0.15) is 5.69 Å². The summed E-state index contributed by atoms with van der Waals surface area (Å²) in [6, 6.07) is 9.76. The third-order valence-electron chi connectivity index (χ3n) is 3.26. The van der Waals surface area contributed by atoms with Crippen molar-refractivity contribution in [3.8, 4) is 11.4 Å². The van der Waals surface area contributed by atoms with Gasteiger partial charge in [-0.3, -0.25) is 4.68 Å². The largest absolute Gasteiger partial charge is 0.337 e. The van der Waals surface area contributed by atoms with Gasteiger partial charge in [-0.05, 0) is 25.1 Å². The molecule has 0 saturated carbocycles. The molecule has 0 aliphatic rings. The summed E-state index contributed by atoms with van der Waals surface area (Å²) in [5.41, 5.74) is 2.97. The fourth-order valence-corrected chi connectivity index (χ4v) is 2.19. The van der Waals surface area contributed by atoms with Gasteiger partial charge in [0.05, 0.1) is 17.6 Å². The van der Waals surface area contributed by atoms with E-state index in [9.17, 15) is 0 Å². The Kier molecular flexibility index (Phi) is 3.70. The van der Waals surface area contributed by atoms with Gasteiger partial charge in [0, 0.05) is 23.3 Å². The van der Waals surface area contributed by atoms with E-state index in [2.05, 4.69) is 36.3 Å². The van der Waals surface area contributed by atoms with Crippen molar-refractivity contribution >= 4 is 27.4 Å². The van der Waals surface area contributed by atoms with Crippen molar-refractivity contribution in [2.75, 3.05) is 5.32 Å². The third-order valence-corrected chi connectivity index (χ3v) is 3.78. The Morgan fingerprint density at radius 1 is 1.14 bits per heavy atom. The lowest BCUT2D eigenvalue weighted by Crippen LogP contribution is -1.98. The van der Waals surface area contributed by atoms with Crippen LogP contribution in [0.4, 0.5) is 11.5 Å². The molecule has 0 amide bonds. The van der Waals surface area contributed by atoms with Crippen molar-refractivity contribution in [1.82, 2.24) is 19.7 Å².